The molecule has 0 aliphatic heterocycles. The Kier molecular flexibility index (Phi) is 7.58. The Balaban J connectivity index is 1.88. The van der Waals surface area contributed by atoms with Gasteiger partial charge in [-0.2, -0.15) is 5.10 Å². The monoisotopic (exact) mass is 370 g/mol. The first-order chi connectivity index (χ1) is 12.9. The maximum absolute atomic E-state index is 12.6. The van der Waals surface area contributed by atoms with Gasteiger partial charge in [0, 0.05) is 24.3 Å². The second kappa shape index (κ2) is 9.90. The molecular weight excluding hydrogens is 340 g/mol. The summed E-state index contributed by atoms with van der Waals surface area (Å²) in [5.41, 5.74) is 2.67. The van der Waals surface area contributed by atoms with Crippen LogP contribution in [0.2, 0.25) is 0 Å². The van der Waals surface area contributed by atoms with Crippen molar-refractivity contribution in [3.05, 3.63) is 53.3 Å². The molecule has 2 atom stereocenters. The highest BCUT2D eigenvalue weighted by atomic mass is 16.2. The first kappa shape index (κ1) is 20.7. The van der Waals surface area contributed by atoms with Crippen LogP contribution in [0.1, 0.15) is 48.4 Å². The largest absolute Gasteiger partial charge is 0.354 e. The molecule has 1 aromatic carbocycles. The van der Waals surface area contributed by atoms with E-state index in [0.29, 0.717) is 12.1 Å². The Bertz CT molecular complexity index is 755. The molecule has 0 saturated carbocycles. The van der Waals surface area contributed by atoms with Gasteiger partial charge in [0.25, 0.3) is 5.91 Å². The highest BCUT2D eigenvalue weighted by molar-refractivity contribution is 5.97. The molecule has 0 aliphatic carbocycles. The van der Waals surface area contributed by atoms with E-state index >= 15 is 0 Å². The molecule has 0 radical (unpaired) electrons. The lowest BCUT2D eigenvalue weighted by atomic mass is 9.98. The summed E-state index contributed by atoms with van der Waals surface area (Å²) in [5, 5.41) is 10.3. The van der Waals surface area contributed by atoms with E-state index in [4.69, 9.17) is 0 Å². The van der Waals surface area contributed by atoms with Gasteiger partial charge < -0.3 is 10.6 Å². The molecule has 0 saturated heterocycles. The van der Waals surface area contributed by atoms with Crippen LogP contribution in [0.15, 0.2) is 36.4 Å². The Morgan fingerprint density at radius 3 is 2.48 bits per heavy atom. The van der Waals surface area contributed by atoms with Gasteiger partial charge in [-0.05, 0) is 44.4 Å². The maximum Gasteiger partial charge on any atom is 0.251 e. The molecule has 6 heteroatoms. The van der Waals surface area contributed by atoms with Crippen molar-refractivity contribution in [3.63, 3.8) is 0 Å². The minimum Gasteiger partial charge on any atom is -0.354 e. The maximum atomic E-state index is 12.6. The van der Waals surface area contributed by atoms with Gasteiger partial charge in [0.15, 0.2) is 0 Å². The summed E-state index contributed by atoms with van der Waals surface area (Å²) >= 11 is 0. The van der Waals surface area contributed by atoms with Crippen molar-refractivity contribution in [3.8, 4) is 0 Å². The SMILES string of the molecule is CC[C@@H](C)[C@@H](NC(=O)c1ccccc1)C(=O)NCCCn1nc(C)cc1C. The van der Waals surface area contributed by atoms with Gasteiger partial charge in [0.05, 0.1) is 5.69 Å². The first-order valence-electron chi connectivity index (χ1n) is 9.57. The molecule has 146 valence electrons. The summed E-state index contributed by atoms with van der Waals surface area (Å²) in [5.74, 6) is -0.311. The van der Waals surface area contributed by atoms with Crippen LogP contribution in [-0.4, -0.2) is 34.2 Å². The molecule has 1 aromatic heterocycles. The van der Waals surface area contributed by atoms with E-state index in [2.05, 4.69) is 15.7 Å². The lowest BCUT2D eigenvalue weighted by Gasteiger charge is -2.23. The van der Waals surface area contributed by atoms with Crippen LogP contribution < -0.4 is 10.6 Å². The van der Waals surface area contributed by atoms with Crippen LogP contribution in [0.5, 0.6) is 0 Å². The molecule has 0 bridgehead atoms. The number of hydrogen-bond donors (Lipinski definition) is 2. The highest BCUT2D eigenvalue weighted by Gasteiger charge is 2.25. The zero-order valence-electron chi connectivity index (χ0n) is 16.7. The highest BCUT2D eigenvalue weighted by Crippen LogP contribution is 2.10. The van der Waals surface area contributed by atoms with Gasteiger partial charge in [-0.1, -0.05) is 38.5 Å². The number of aryl methyl sites for hydroxylation is 3. The standard InChI is InChI=1S/C21H30N4O2/c1-5-15(2)19(23-20(26)18-10-7-6-8-11-18)21(27)22-12-9-13-25-17(4)14-16(3)24-25/h6-8,10-11,14-15,19H,5,9,12-13H2,1-4H3,(H,22,27)(H,23,26)/t15-,19-/m1/s1. The number of benzene rings is 1. The number of aromatic nitrogens is 2. The fourth-order valence-electron chi connectivity index (χ4n) is 2.97. The molecule has 2 aromatic rings. The van der Waals surface area contributed by atoms with Crippen molar-refractivity contribution in [1.82, 2.24) is 20.4 Å². The van der Waals surface area contributed by atoms with E-state index in [-0.39, 0.29) is 17.7 Å². The predicted octanol–water partition coefficient (Wildman–Crippen LogP) is 2.85. The van der Waals surface area contributed by atoms with Crippen molar-refractivity contribution in [1.29, 1.82) is 0 Å². The Hall–Kier alpha value is -2.63. The zero-order chi connectivity index (χ0) is 19.8. The molecule has 0 aliphatic rings. The number of rotatable bonds is 9. The number of nitrogens with zero attached hydrogens (tertiary/aromatic N) is 2. The molecule has 1 heterocycles. The number of carbonyl (C=O) groups is 2. The third-order valence-electron chi connectivity index (χ3n) is 4.77. The summed E-state index contributed by atoms with van der Waals surface area (Å²) < 4.78 is 1.95. The van der Waals surface area contributed by atoms with E-state index < -0.39 is 6.04 Å². The third-order valence-corrected chi connectivity index (χ3v) is 4.77. The average molecular weight is 370 g/mol. The predicted molar refractivity (Wildman–Crippen MR) is 106 cm³/mol. The Morgan fingerprint density at radius 2 is 1.89 bits per heavy atom. The van der Waals surface area contributed by atoms with Crippen LogP contribution in [0.3, 0.4) is 0 Å². The van der Waals surface area contributed by atoms with Crippen LogP contribution >= 0.6 is 0 Å². The van der Waals surface area contributed by atoms with E-state index in [1.54, 1.807) is 12.1 Å². The minimum atomic E-state index is -0.545. The van der Waals surface area contributed by atoms with Gasteiger partial charge in [0.2, 0.25) is 5.91 Å². The van der Waals surface area contributed by atoms with Gasteiger partial charge in [-0.25, -0.2) is 0 Å². The van der Waals surface area contributed by atoms with Crippen LogP contribution in [0.4, 0.5) is 0 Å². The molecule has 6 nitrogen and oxygen atoms in total. The lowest BCUT2D eigenvalue weighted by Crippen LogP contribution is -2.50. The molecule has 0 fully saturated rings. The summed E-state index contributed by atoms with van der Waals surface area (Å²) in [6.45, 7) is 9.29. The third kappa shape index (κ3) is 5.94. The van der Waals surface area contributed by atoms with Gasteiger partial charge in [-0.15, -0.1) is 0 Å². The van der Waals surface area contributed by atoms with Crippen molar-refractivity contribution in [2.24, 2.45) is 5.92 Å². The zero-order valence-corrected chi connectivity index (χ0v) is 16.7. The first-order valence-corrected chi connectivity index (χ1v) is 9.57. The van der Waals surface area contributed by atoms with E-state index in [1.165, 1.54) is 0 Å². The van der Waals surface area contributed by atoms with E-state index in [0.717, 1.165) is 30.8 Å². The van der Waals surface area contributed by atoms with Crippen molar-refractivity contribution >= 4 is 11.8 Å². The van der Waals surface area contributed by atoms with Crippen molar-refractivity contribution in [2.75, 3.05) is 6.54 Å². The van der Waals surface area contributed by atoms with Gasteiger partial charge in [-0.3, -0.25) is 14.3 Å². The smallest absolute Gasteiger partial charge is 0.251 e. The summed E-state index contributed by atoms with van der Waals surface area (Å²) in [7, 11) is 0. The number of carbonyl (C=O) groups excluding carboxylic acids is 2. The Labute approximate surface area is 161 Å². The number of hydrogen-bond acceptors (Lipinski definition) is 3. The van der Waals surface area contributed by atoms with Crippen LogP contribution in [0, 0.1) is 19.8 Å². The average Bonchev–Trinajstić information content (AvgIpc) is 3.00. The summed E-state index contributed by atoms with van der Waals surface area (Å²) in [6, 6.07) is 10.5. The Morgan fingerprint density at radius 1 is 1.19 bits per heavy atom. The van der Waals surface area contributed by atoms with Gasteiger partial charge in [0.1, 0.15) is 6.04 Å². The van der Waals surface area contributed by atoms with Crippen LogP contribution in [-0.2, 0) is 11.3 Å². The molecule has 27 heavy (non-hydrogen) atoms. The summed E-state index contributed by atoms with van der Waals surface area (Å²) in [6.07, 6.45) is 1.59. The molecule has 2 N–H and O–H groups in total. The fraction of sp³-hybridized carbons (Fsp3) is 0.476. The summed E-state index contributed by atoms with van der Waals surface area (Å²) in [4.78, 5) is 25.1. The number of amides is 2. The van der Waals surface area contributed by atoms with Crippen molar-refractivity contribution < 1.29 is 9.59 Å². The van der Waals surface area contributed by atoms with E-state index in [9.17, 15) is 9.59 Å². The molecular formula is C21H30N4O2. The van der Waals surface area contributed by atoms with Crippen molar-refractivity contribution in [2.45, 2.75) is 53.1 Å². The molecule has 2 rings (SSSR count). The number of nitrogens with one attached hydrogen (secondary N) is 2. The minimum absolute atomic E-state index is 0.0497. The molecule has 2 amide bonds. The second-order valence-corrected chi connectivity index (χ2v) is 7.00. The van der Waals surface area contributed by atoms with E-state index in [1.807, 2.05) is 56.6 Å². The topological polar surface area (TPSA) is 76.0 Å². The molecule has 0 spiro atoms. The quantitative estimate of drug-likeness (QED) is 0.667. The molecule has 0 unspecified atom stereocenters. The normalized spacial score (nSPS) is 13.0. The van der Waals surface area contributed by atoms with Gasteiger partial charge >= 0.3 is 0 Å². The fourth-order valence-corrected chi connectivity index (χ4v) is 2.97. The van der Waals surface area contributed by atoms with Crippen LogP contribution in [0.25, 0.3) is 0 Å². The second-order valence-electron chi connectivity index (χ2n) is 7.00. The lowest BCUT2D eigenvalue weighted by molar-refractivity contribution is -0.124.